The summed E-state index contributed by atoms with van der Waals surface area (Å²) in [4.78, 5) is 21.9. The summed E-state index contributed by atoms with van der Waals surface area (Å²) in [6, 6.07) is 0. The van der Waals surface area contributed by atoms with E-state index in [4.69, 9.17) is 18.9 Å². The second-order valence-corrected chi connectivity index (χ2v) is 7.14. The van der Waals surface area contributed by atoms with Crippen LogP contribution in [0.2, 0.25) is 0 Å². The summed E-state index contributed by atoms with van der Waals surface area (Å²) in [7, 11) is -1.52. The van der Waals surface area contributed by atoms with Gasteiger partial charge < -0.3 is 29.6 Å². The van der Waals surface area contributed by atoms with Crippen molar-refractivity contribution >= 4 is 22.3 Å². The number of hydrogen-bond donors (Lipinski definition) is 3. The molecule has 11 nitrogen and oxygen atoms in total. The highest BCUT2D eigenvalue weighted by Gasteiger charge is 2.24. The summed E-state index contributed by atoms with van der Waals surface area (Å²) in [5.41, 5.74) is 0. The van der Waals surface area contributed by atoms with Gasteiger partial charge >= 0.3 is 12.2 Å². The molecule has 0 bridgehead atoms. The Kier molecular flexibility index (Phi) is 11.9. The van der Waals surface area contributed by atoms with Crippen LogP contribution in [0.4, 0.5) is 9.59 Å². The van der Waals surface area contributed by atoms with E-state index in [0.29, 0.717) is 0 Å². The van der Waals surface area contributed by atoms with Crippen LogP contribution < -0.4 is 10.6 Å². The molecule has 0 aromatic carbocycles. The smallest absolute Gasteiger partial charge is 0.406 e. The van der Waals surface area contributed by atoms with Gasteiger partial charge in [-0.15, -0.1) is 0 Å². The summed E-state index contributed by atoms with van der Waals surface area (Å²) in [6.07, 6.45) is -2.26. The Bertz CT molecular complexity index is 527. The van der Waals surface area contributed by atoms with E-state index in [9.17, 15) is 22.6 Å². The van der Waals surface area contributed by atoms with E-state index in [0.717, 1.165) is 0 Å². The molecule has 0 aromatic heterocycles. The van der Waals surface area contributed by atoms with Crippen molar-refractivity contribution in [1.29, 1.82) is 0 Å². The van der Waals surface area contributed by atoms with Crippen molar-refractivity contribution in [2.24, 2.45) is 0 Å². The Morgan fingerprint density at radius 3 is 1.81 bits per heavy atom. The van der Waals surface area contributed by atoms with Crippen molar-refractivity contribution in [3.63, 3.8) is 0 Å². The van der Waals surface area contributed by atoms with Gasteiger partial charge in [0.15, 0.2) is 0 Å². The highest BCUT2D eigenvalue weighted by molar-refractivity contribution is 7.86. The lowest BCUT2D eigenvalue weighted by Gasteiger charge is -2.19. The lowest BCUT2D eigenvalue weighted by Crippen LogP contribution is -2.32. The molecule has 26 heavy (non-hydrogen) atoms. The molecule has 0 heterocycles. The second-order valence-electron chi connectivity index (χ2n) is 5.45. The largest absolute Gasteiger partial charge is 0.447 e. The number of hydrogen-bond acceptors (Lipinski definition) is 8. The molecule has 0 radical (unpaired) electrons. The Balaban J connectivity index is 4.26. The van der Waals surface area contributed by atoms with Crippen molar-refractivity contribution < 1.29 is 41.5 Å². The monoisotopic (exact) mass is 400 g/mol. The molecule has 0 rings (SSSR count). The zero-order chi connectivity index (χ0) is 20.2. The van der Waals surface area contributed by atoms with Crippen LogP contribution in [0.3, 0.4) is 0 Å². The first-order chi connectivity index (χ1) is 12.1. The van der Waals surface area contributed by atoms with Gasteiger partial charge in [0, 0.05) is 20.7 Å². The van der Waals surface area contributed by atoms with E-state index < -0.39 is 39.8 Å². The number of ether oxygens (including phenoxy) is 4. The predicted octanol–water partition coefficient (Wildman–Crippen LogP) is 0.155. The Hall–Kier alpha value is -1.63. The summed E-state index contributed by atoms with van der Waals surface area (Å²) in [5, 5.41) is 3.35. The van der Waals surface area contributed by atoms with Gasteiger partial charge in [0.05, 0.1) is 18.8 Å². The first kappa shape index (κ1) is 24.4. The molecule has 0 fully saturated rings. The van der Waals surface area contributed by atoms with Crippen LogP contribution in [0.1, 0.15) is 20.3 Å². The minimum atomic E-state index is -4.34. The number of nitrogens with one attached hydrogen (secondary N) is 2. The standard InChI is InChI=1S/C14H28N2O9S/c1-10(7-24-13(17)15-3)22-6-5-12(26(19,20)21)9-23-11(2)8-25-14(18)16-4/h10-12H,5-9H2,1-4H3,(H,15,17)(H,16,18)(H,19,20,21). The molecule has 2 amide bonds. The van der Waals surface area contributed by atoms with Gasteiger partial charge in [0.2, 0.25) is 0 Å². The lowest BCUT2D eigenvalue weighted by molar-refractivity contribution is 0.000196. The lowest BCUT2D eigenvalue weighted by atomic mass is 10.3. The quantitative estimate of drug-likeness (QED) is 0.389. The van der Waals surface area contributed by atoms with Gasteiger partial charge in [0.1, 0.15) is 18.5 Å². The third-order valence-corrected chi connectivity index (χ3v) is 4.35. The maximum Gasteiger partial charge on any atom is 0.406 e. The van der Waals surface area contributed by atoms with Crippen LogP contribution in [-0.2, 0) is 29.1 Å². The molecule has 0 aliphatic rings. The Morgan fingerprint density at radius 1 is 0.923 bits per heavy atom. The van der Waals surface area contributed by atoms with Gasteiger partial charge in [-0.1, -0.05) is 0 Å². The van der Waals surface area contributed by atoms with Gasteiger partial charge in [-0.2, -0.15) is 8.42 Å². The average Bonchev–Trinajstić information content (AvgIpc) is 2.58. The van der Waals surface area contributed by atoms with Crippen molar-refractivity contribution in [2.75, 3.05) is 40.5 Å². The maximum atomic E-state index is 11.4. The molecule has 0 aromatic rings. The third-order valence-electron chi connectivity index (χ3n) is 3.14. The van der Waals surface area contributed by atoms with Crippen LogP contribution in [0.5, 0.6) is 0 Å². The zero-order valence-corrected chi connectivity index (χ0v) is 16.2. The van der Waals surface area contributed by atoms with Crippen molar-refractivity contribution in [1.82, 2.24) is 10.6 Å². The van der Waals surface area contributed by atoms with E-state index in [1.54, 1.807) is 13.8 Å². The van der Waals surface area contributed by atoms with Gasteiger partial charge in [-0.3, -0.25) is 4.55 Å². The van der Waals surface area contributed by atoms with Crippen LogP contribution >= 0.6 is 0 Å². The molecule has 3 atom stereocenters. The van der Waals surface area contributed by atoms with Crippen molar-refractivity contribution in [3.05, 3.63) is 0 Å². The van der Waals surface area contributed by atoms with Crippen LogP contribution in [0.25, 0.3) is 0 Å². The summed E-state index contributed by atoms with van der Waals surface area (Å²) in [6.45, 7) is 2.90. The second kappa shape index (κ2) is 12.7. The number of rotatable bonds is 12. The molecule has 0 spiro atoms. The first-order valence-corrected chi connectivity index (χ1v) is 9.49. The number of alkyl carbamates (subject to hydrolysis) is 2. The maximum absolute atomic E-state index is 11.4. The highest BCUT2D eigenvalue weighted by atomic mass is 32.2. The highest BCUT2D eigenvalue weighted by Crippen LogP contribution is 2.09. The molecule has 0 saturated carbocycles. The fraction of sp³-hybridized carbons (Fsp3) is 0.857. The van der Waals surface area contributed by atoms with Crippen molar-refractivity contribution in [2.45, 2.75) is 37.7 Å². The van der Waals surface area contributed by atoms with Gasteiger partial charge in [0.25, 0.3) is 10.1 Å². The number of amides is 2. The van der Waals surface area contributed by atoms with E-state index in [1.807, 2.05) is 0 Å². The topological polar surface area (TPSA) is 149 Å². The Labute approximate surface area is 153 Å². The van der Waals surface area contributed by atoms with Crippen LogP contribution in [0, 0.1) is 0 Å². The summed E-state index contributed by atoms with van der Waals surface area (Å²) >= 11 is 0. The molecule has 12 heteroatoms. The van der Waals surface area contributed by atoms with E-state index >= 15 is 0 Å². The number of carbonyl (C=O) groups is 2. The minimum absolute atomic E-state index is 0.000576. The molecule has 154 valence electrons. The molecule has 3 N–H and O–H groups in total. The molecular formula is C14H28N2O9S. The normalized spacial score (nSPS) is 14.8. The molecule has 0 saturated heterocycles. The summed E-state index contributed by atoms with van der Waals surface area (Å²) < 4.78 is 52.4. The predicted molar refractivity (Wildman–Crippen MR) is 91.6 cm³/mol. The average molecular weight is 400 g/mol. The molecule has 0 aliphatic carbocycles. The third kappa shape index (κ3) is 11.8. The van der Waals surface area contributed by atoms with E-state index in [2.05, 4.69) is 10.6 Å². The molecular weight excluding hydrogens is 372 g/mol. The fourth-order valence-corrected chi connectivity index (χ4v) is 2.26. The Morgan fingerprint density at radius 2 is 1.38 bits per heavy atom. The van der Waals surface area contributed by atoms with Crippen LogP contribution in [0.15, 0.2) is 0 Å². The minimum Gasteiger partial charge on any atom is -0.447 e. The summed E-state index contributed by atoms with van der Waals surface area (Å²) in [5.74, 6) is 0. The van der Waals surface area contributed by atoms with Gasteiger partial charge in [-0.25, -0.2) is 9.59 Å². The van der Waals surface area contributed by atoms with E-state index in [1.165, 1.54) is 14.1 Å². The van der Waals surface area contributed by atoms with Crippen molar-refractivity contribution in [3.8, 4) is 0 Å². The van der Waals surface area contributed by atoms with E-state index in [-0.39, 0.29) is 32.8 Å². The fourth-order valence-electron chi connectivity index (χ4n) is 1.62. The number of carbonyl (C=O) groups excluding carboxylic acids is 2. The SMILES string of the molecule is CNC(=O)OCC(C)OCCC(COC(C)COC(=O)NC)S(=O)(=O)O. The van der Waals surface area contributed by atoms with Gasteiger partial charge in [-0.05, 0) is 20.3 Å². The zero-order valence-electron chi connectivity index (χ0n) is 15.4. The van der Waals surface area contributed by atoms with Crippen LogP contribution in [-0.4, -0.2) is 83.1 Å². The first-order valence-electron chi connectivity index (χ1n) is 7.98. The molecule has 3 unspecified atom stereocenters. The molecule has 0 aliphatic heterocycles.